The highest BCUT2D eigenvalue weighted by molar-refractivity contribution is 5.88. The van der Waals surface area contributed by atoms with Crippen molar-refractivity contribution in [2.75, 3.05) is 18.4 Å². The Hall–Kier alpha value is -2.97. The Balaban J connectivity index is 1.10. The molecule has 5 heteroatoms. The Labute approximate surface area is 184 Å². The van der Waals surface area contributed by atoms with Crippen LogP contribution in [0.3, 0.4) is 0 Å². The molecule has 3 aromatic rings. The number of hydrogen-bond acceptors (Lipinski definition) is 5. The van der Waals surface area contributed by atoms with Gasteiger partial charge in [0.1, 0.15) is 12.1 Å². The average molecular weight is 412 g/mol. The minimum atomic E-state index is 0.505. The Morgan fingerprint density at radius 2 is 1.90 bits per heavy atom. The quantitative estimate of drug-likeness (QED) is 0.645. The Bertz CT molecular complexity index is 1090. The summed E-state index contributed by atoms with van der Waals surface area (Å²) in [5.41, 5.74) is 4.54. The molecule has 5 rings (SSSR count). The van der Waals surface area contributed by atoms with E-state index in [9.17, 15) is 0 Å². The van der Waals surface area contributed by atoms with E-state index in [1.54, 1.807) is 6.33 Å². The standard InChI is InChI=1S/C26H29N5/c27-16-20-5-8-22-17-31(14-12-21(22)15-20)13-11-19-6-9-23(10-7-19)30-26-24-3-1-2-4-25(24)28-18-29-26/h1-5,8,15,18-19,23H,6-7,9-14,17H2,(H,28,29,30). The molecule has 0 amide bonds. The predicted octanol–water partition coefficient (Wildman–Crippen LogP) is 4.92. The van der Waals surface area contributed by atoms with Crippen LogP contribution in [0.1, 0.15) is 48.8 Å². The number of hydrogen-bond donors (Lipinski definition) is 1. The van der Waals surface area contributed by atoms with Crippen molar-refractivity contribution < 1.29 is 0 Å². The molecule has 2 aromatic carbocycles. The van der Waals surface area contributed by atoms with Gasteiger partial charge in [-0.25, -0.2) is 9.97 Å². The fourth-order valence-corrected chi connectivity index (χ4v) is 5.15. The maximum Gasteiger partial charge on any atom is 0.137 e. The third-order valence-corrected chi connectivity index (χ3v) is 7.01. The van der Waals surface area contributed by atoms with Crippen LogP contribution in [0.2, 0.25) is 0 Å². The fraction of sp³-hybridized carbons (Fsp3) is 0.423. The van der Waals surface area contributed by atoms with Crippen LogP contribution in [0.4, 0.5) is 5.82 Å². The molecule has 5 nitrogen and oxygen atoms in total. The molecule has 1 N–H and O–H groups in total. The van der Waals surface area contributed by atoms with Crippen molar-refractivity contribution in [1.29, 1.82) is 5.26 Å². The van der Waals surface area contributed by atoms with Crippen LogP contribution >= 0.6 is 0 Å². The summed E-state index contributed by atoms with van der Waals surface area (Å²) in [6.45, 7) is 3.32. The number of benzene rings is 2. The first kappa shape index (κ1) is 20.0. The summed E-state index contributed by atoms with van der Waals surface area (Å²) >= 11 is 0. The van der Waals surface area contributed by atoms with Crippen LogP contribution in [0, 0.1) is 17.2 Å². The normalized spacial score (nSPS) is 21.4. The monoisotopic (exact) mass is 411 g/mol. The van der Waals surface area contributed by atoms with Crippen LogP contribution in [0.25, 0.3) is 10.9 Å². The maximum atomic E-state index is 9.10. The van der Waals surface area contributed by atoms with Crippen molar-refractivity contribution in [2.45, 2.75) is 51.1 Å². The lowest BCUT2D eigenvalue weighted by Crippen LogP contribution is -2.33. The first-order chi connectivity index (χ1) is 15.3. The molecule has 1 fully saturated rings. The fourth-order valence-electron chi connectivity index (χ4n) is 5.15. The van der Waals surface area contributed by atoms with E-state index in [1.807, 2.05) is 18.2 Å². The van der Waals surface area contributed by atoms with Crippen LogP contribution in [0.5, 0.6) is 0 Å². The Kier molecular flexibility index (Phi) is 5.82. The highest BCUT2D eigenvalue weighted by Gasteiger charge is 2.23. The molecule has 0 spiro atoms. The first-order valence-corrected chi connectivity index (χ1v) is 11.5. The molecule has 0 saturated heterocycles. The van der Waals surface area contributed by atoms with Gasteiger partial charge in [0.05, 0.1) is 17.1 Å². The van der Waals surface area contributed by atoms with E-state index in [2.05, 4.69) is 50.5 Å². The highest BCUT2D eigenvalue weighted by atomic mass is 15.1. The maximum absolute atomic E-state index is 9.10. The average Bonchev–Trinajstić information content (AvgIpc) is 2.83. The van der Waals surface area contributed by atoms with Crippen LogP contribution in [-0.4, -0.2) is 34.0 Å². The van der Waals surface area contributed by atoms with Crippen molar-refractivity contribution in [3.8, 4) is 6.07 Å². The molecule has 1 aliphatic heterocycles. The molecule has 2 aliphatic rings. The number of anilines is 1. The molecule has 158 valence electrons. The molecular formula is C26H29N5. The molecule has 1 aromatic heterocycles. The number of fused-ring (bicyclic) bond motifs is 2. The summed E-state index contributed by atoms with van der Waals surface area (Å²) in [5, 5.41) is 13.9. The van der Waals surface area contributed by atoms with Crippen molar-refractivity contribution in [1.82, 2.24) is 14.9 Å². The number of nitriles is 1. The number of nitrogens with one attached hydrogen (secondary N) is 1. The third-order valence-electron chi connectivity index (χ3n) is 7.01. The van der Waals surface area contributed by atoms with Crippen LogP contribution in [0.15, 0.2) is 48.8 Å². The summed E-state index contributed by atoms with van der Waals surface area (Å²) in [5.74, 6) is 1.79. The number of nitrogens with zero attached hydrogens (tertiary/aromatic N) is 4. The zero-order valence-electron chi connectivity index (χ0n) is 17.9. The van der Waals surface area contributed by atoms with Gasteiger partial charge in [-0.2, -0.15) is 5.26 Å². The molecule has 1 saturated carbocycles. The minimum absolute atomic E-state index is 0.505. The van der Waals surface area contributed by atoms with Crippen molar-refractivity contribution >= 4 is 16.7 Å². The van der Waals surface area contributed by atoms with Gasteiger partial charge >= 0.3 is 0 Å². The molecule has 0 radical (unpaired) electrons. The smallest absolute Gasteiger partial charge is 0.137 e. The second-order valence-corrected chi connectivity index (χ2v) is 9.01. The predicted molar refractivity (Wildman–Crippen MR) is 124 cm³/mol. The zero-order chi connectivity index (χ0) is 21.0. The number of aromatic nitrogens is 2. The van der Waals surface area contributed by atoms with Gasteiger partial charge in [0.25, 0.3) is 0 Å². The van der Waals surface area contributed by atoms with Crippen molar-refractivity contribution in [3.63, 3.8) is 0 Å². The van der Waals surface area contributed by atoms with Gasteiger partial charge in [-0.1, -0.05) is 18.2 Å². The molecule has 31 heavy (non-hydrogen) atoms. The van der Waals surface area contributed by atoms with E-state index in [1.165, 1.54) is 49.8 Å². The zero-order valence-corrected chi connectivity index (χ0v) is 17.9. The first-order valence-electron chi connectivity index (χ1n) is 11.5. The van der Waals surface area contributed by atoms with E-state index >= 15 is 0 Å². The molecule has 1 aliphatic carbocycles. The van der Waals surface area contributed by atoms with Gasteiger partial charge in [-0.15, -0.1) is 0 Å². The minimum Gasteiger partial charge on any atom is -0.367 e. The van der Waals surface area contributed by atoms with Crippen molar-refractivity contribution in [2.24, 2.45) is 5.92 Å². The molecule has 0 unspecified atom stereocenters. The Morgan fingerprint density at radius 3 is 2.77 bits per heavy atom. The highest BCUT2D eigenvalue weighted by Crippen LogP contribution is 2.30. The third kappa shape index (κ3) is 4.55. The molecule has 0 atom stereocenters. The van der Waals surface area contributed by atoms with Gasteiger partial charge in [0.2, 0.25) is 0 Å². The number of rotatable bonds is 5. The second kappa shape index (κ2) is 9.03. The SMILES string of the molecule is N#Cc1ccc2c(c1)CCN(CCC1CCC(Nc3ncnc4ccccc34)CC1)C2. The topological polar surface area (TPSA) is 64.8 Å². The lowest BCUT2D eigenvalue weighted by atomic mass is 9.84. The summed E-state index contributed by atoms with van der Waals surface area (Å²) < 4.78 is 0. The summed E-state index contributed by atoms with van der Waals surface area (Å²) in [6.07, 6.45) is 9.01. The van der Waals surface area contributed by atoms with Crippen molar-refractivity contribution in [3.05, 3.63) is 65.5 Å². The molecule has 2 heterocycles. The largest absolute Gasteiger partial charge is 0.367 e. The van der Waals surface area contributed by atoms with E-state index in [0.717, 1.165) is 47.7 Å². The van der Waals surface area contributed by atoms with Crippen LogP contribution < -0.4 is 5.32 Å². The summed E-state index contributed by atoms with van der Waals surface area (Å²) in [7, 11) is 0. The Morgan fingerprint density at radius 1 is 1.03 bits per heavy atom. The summed E-state index contributed by atoms with van der Waals surface area (Å²) in [4.78, 5) is 11.5. The lowest BCUT2D eigenvalue weighted by molar-refractivity contribution is 0.214. The van der Waals surface area contributed by atoms with Crippen LogP contribution in [-0.2, 0) is 13.0 Å². The van der Waals surface area contributed by atoms with Gasteiger partial charge in [-0.3, -0.25) is 4.90 Å². The van der Waals surface area contributed by atoms with Gasteiger partial charge in [-0.05, 0) is 86.4 Å². The molecular weight excluding hydrogens is 382 g/mol. The van der Waals surface area contributed by atoms with Gasteiger partial charge in [0.15, 0.2) is 0 Å². The summed E-state index contributed by atoms with van der Waals surface area (Å²) in [6, 6.07) is 17.2. The van der Waals surface area contributed by atoms with E-state index in [4.69, 9.17) is 5.26 Å². The van der Waals surface area contributed by atoms with E-state index in [0.29, 0.717) is 6.04 Å². The van der Waals surface area contributed by atoms with Gasteiger partial charge < -0.3 is 5.32 Å². The van der Waals surface area contributed by atoms with Gasteiger partial charge in [0, 0.05) is 24.5 Å². The van der Waals surface area contributed by atoms with E-state index < -0.39 is 0 Å². The number of para-hydroxylation sites is 1. The lowest BCUT2D eigenvalue weighted by Gasteiger charge is -2.33. The van der Waals surface area contributed by atoms with E-state index in [-0.39, 0.29) is 0 Å². The molecule has 0 bridgehead atoms. The second-order valence-electron chi connectivity index (χ2n) is 9.01.